The SMILES string of the molecule is C=C/C=C/OCC(=O)N=c1c(C#N)cc2c(=O)n3cccc(C)c3nc2n1CC(C)C. The molecule has 1 amide bonds. The van der Waals surface area contributed by atoms with Gasteiger partial charge in [0.15, 0.2) is 12.1 Å². The summed E-state index contributed by atoms with van der Waals surface area (Å²) in [5.74, 6) is -0.411. The second-order valence-corrected chi connectivity index (χ2v) is 7.42. The summed E-state index contributed by atoms with van der Waals surface area (Å²) in [6, 6.07) is 7.14. The highest BCUT2D eigenvalue weighted by Crippen LogP contribution is 2.14. The standard InChI is InChI=1S/C23H23N5O3/c1-5-6-10-31-14-19(29)25-21-17(12-24)11-18-22(28(21)13-15(2)3)26-20-16(4)8-7-9-27(20)23(18)30/h5-11,15H,1,13-14H2,2-4H3/b10-6+,25-21?. The minimum Gasteiger partial charge on any atom is -0.491 e. The first kappa shape index (κ1) is 21.7. The number of aromatic nitrogens is 3. The van der Waals surface area contributed by atoms with Gasteiger partial charge in [-0.1, -0.05) is 32.6 Å². The first-order chi connectivity index (χ1) is 14.9. The first-order valence-corrected chi connectivity index (χ1v) is 9.79. The summed E-state index contributed by atoms with van der Waals surface area (Å²) in [7, 11) is 0. The van der Waals surface area contributed by atoms with E-state index in [1.807, 2.05) is 26.8 Å². The monoisotopic (exact) mass is 417 g/mol. The van der Waals surface area contributed by atoms with Crippen molar-refractivity contribution < 1.29 is 9.53 Å². The molecule has 0 fully saturated rings. The number of fused-ring (bicyclic) bond motifs is 2. The van der Waals surface area contributed by atoms with Crippen LogP contribution in [0.5, 0.6) is 0 Å². The Morgan fingerprint density at radius 1 is 1.42 bits per heavy atom. The Morgan fingerprint density at radius 3 is 2.87 bits per heavy atom. The van der Waals surface area contributed by atoms with Gasteiger partial charge in [-0.05, 0) is 36.6 Å². The van der Waals surface area contributed by atoms with Gasteiger partial charge in [-0.15, -0.1) is 0 Å². The van der Waals surface area contributed by atoms with Gasteiger partial charge in [0.25, 0.3) is 11.5 Å². The molecule has 0 aliphatic carbocycles. The number of aryl methyl sites for hydroxylation is 1. The van der Waals surface area contributed by atoms with Crippen LogP contribution < -0.4 is 11.0 Å². The molecule has 8 heteroatoms. The third-order valence-electron chi connectivity index (χ3n) is 4.52. The molecule has 0 atom stereocenters. The number of amides is 1. The molecule has 0 saturated heterocycles. The van der Waals surface area contributed by atoms with Gasteiger partial charge >= 0.3 is 0 Å². The van der Waals surface area contributed by atoms with E-state index >= 15 is 0 Å². The molecule has 0 aliphatic heterocycles. The Kier molecular flexibility index (Phi) is 6.46. The van der Waals surface area contributed by atoms with E-state index in [4.69, 9.17) is 9.72 Å². The van der Waals surface area contributed by atoms with Gasteiger partial charge in [0.2, 0.25) is 0 Å². The quantitative estimate of drug-likeness (QED) is 0.349. The molecule has 0 saturated carbocycles. The number of nitrogens with zero attached hydrogens (tertiary/aromatic N) is 5. The minimum atomic E-state index is -0.559. The summed E-state index contributed by atoms with van der Waals surface area (Å²) in [5.41, 5.74) is 1.72. The second-order valence-electron chi connectivity index (χ2n) is 7.42. The lowest BCUT2D eigenvalue weighted by Crippen LogP contribution is -2.31. The molecule has 3 aromatic heterocycles. The first-order valence-electron chi connectivity index (χ1n) is 9.79. The number of nitriles is 1. The van der Waals surface area contributed by atoms with Crippen LogP contribution in [0.25, 0.3) is 16.7 Å². The molecule has 0 spiro atoms. The molecule has 31 heavy (non-hydrogen) atoms. The van der Waals surface area contributed by atoms with E-state index in [1.54, 1.807) is 22.9 Å². The average molecular weight is 417 g/mol. The van der Waals surface area contributed by atoms with Crippen molar-refractivity contribution in [2.45, 2.75) is 27.3 Å². The number of rotatable bonds is 6. The molecular formula is C23H23N5O3. The van der Waals surface area contributed by atoms with E-state index in [9.17, 15) is 14.9 Å². The Hall–Kier alpha value is -3.99. The largest absolute Gasteiger partial charge is 0.491 e. The van der Waals surface area contributed by atoms with Crippen molar-refractivity contribution in [3.8, 4) is 6.07 Å². The van der Waals surface area contributed by atoms with E-state index in [0.29, 0.717) is 17.8 Å². The Labute approximate surface area is 179 Å². The van der Waals surface area contributed by atoms with Crippen molar-refractivity contribution in [1.29, 1.82) is 5.26 Å². The van der Waals surface area contributed by atoms with Gasteiger partial charge in [0.05, 0.1) is 17.2 Å². The molecule has 158 valence electrons. The van der Waals surface area contributed by atoms with E-state index in [2.05, 4.69) is 17.6 Å². The maximum atomic E-state index is 13.1. The van der Waals surface area contributed by atoms with Crippen molar-refractivity contribution in [3.05, 3.63) is 76.4 Å². The van der Waals surface area contributed by atoms with E-state index < -0.39 is 5.91 Å². The summed E-state index contributed by atoms with van der Waals surface area (Å²) in [4.78, 5) is 34.4. The number of pyridine rings is 2. The molecule has 0 unspecified atom stereocenters. The highest BCUT2D eigenvalue weighted by molar-refractivity contribution is 5.80. The zero-order valence-electron chi connectivity index (χ0n) is 17.7. The fourth-order valence-corrected chi connectivity index (χ4v) is 3.21. The van der Waals surface area contributed by atoms with Crippen LogP contribution in [0.2, 0.25) is 0 Å². The molecule has 8 nitrogen and oxygen atoms in total. The smallest absolute Gasteiger partial charge is 0.285 e. The lowest BCUT2D eigenvalue weighted by Gasteiger charge is -2.15. The van der Waals surface area contributed by atoms with Gasteiger partial charge in [-0.2, -0.15) is 10.3 Å². The molecule has 0 aromatic carbocycles. The van der Waals surface area contributed by atoms with E-state index in [1.165, 1.54) is 22.8 Å². The maximum absolute atomic E-state index is 13.1. The van der Waals surface area contributed by atoms with Gasteiger partial charge in [0, 0.05) is 12.7 Å². The molecule has 3 rings (SSSR count). The van der Waals surface area contributed by atoms with Crippen molar-refractivity contribution in [1.82, 2.24) is 14.0 Å². The molecule has 0 aliphatic rings. The van der Waals surface area contributed by atoms with Gasteiger partial charge in [-0.3, -0.25) is 14.0 Å². The zero-order chi connectivity index (χ0) is 22.5. The Morgan fingerprint density at radius 2 is 2.19 bits per heavy atom. The van der Waals surface area contributed by atoms with Crippen molar-refractivity contribution in [2.75, 3.05) is 6.61 Å². The number of carbonyl (C=O) groups is 1. The molecule has 3 heterocycles. The molecule has 0 bridgehead atoms. The summed E-state index contributed by atoms with van der Waals surface area (Å²) in [5, 5.41) is 10.0. The lowest BCUT2D eigenvalue weighted by molar-refractivity contribution is -0.120. The van der Waals surface area contributed by atoms with Crippen LogP contribution >= 0.6 is 0 Å². The zero-order valence-corrected chi connectivity index (χ0v) is 17.7. The highest BCUT2D eigenvalue weighted by atomic mass is 16.5. The van der Waals surface area contributed by atoms with E-state index in [-0.39, 0.29) is 34.5 Å². The third kappa shape index (κ3) is 4.46. The third-order valence-corrected chi connectivity index (χ3v) is 4.52. The van der Waals surface area contributed by atoms with Crippen LogP contribution in [0.4, 0.5) is 0 Å². The highest BCUT2D eigenvalue weighted by Gasteiger charge is 2.16. The molecule has 3 aromatic rings. The van der Waals surface area contributed by atoms with Crippen LogP contribution in [-0.4, -0.2) is 26.5 Å². The fraction of sp³-hybridized carbons (Fsp3) is 0.261. The summed E-state index contributed by atoms with van der Waals surface area (Å²) >= 11 is 0. The number of allylic oxidation sites excluding steroid dienone is 2. The van der Waals surface area contributed by atoms with Gasteiger partial charge < -0.3 is 9.30 Å². The molecule has 0 radical (unpaired) electrons. The van der Waals surface area contributed by atoms with Crippen LogP contribution in [0.1, 0.15) is 25.0 Å². The predicted molar refractivity (Wildman–Crippen MR) is 117 cm³/mol. The maximum Gasteiger partial charge on any atom is 0.285 e. The number of hydrogen-bond acceptors (Lipinski definition) is 5. The van der Waals surface area contributed by atoms with Gasteiger partial charge in [0.1, 0.15) is 17.4 Å². The normalized spacial score (nSPS) is 12.0. The Bertz CT molecular complexity index is 1370. The van der Waals surface area contributed by atoms with Crippen molar-refractivity contribution in [2.24, 2.45) is 10.9 Å². The Balaban J connectivity index is 2.35. The van der Waals surface area contributed by atoms with Crippen molar-refractivity contribution in [3.63, 3.8) is 0 Å². The van der Waals surface area contributed by atoms with Crippen LogP contribution in [0.3, 0.4) is 0 Å². The van der Waals surface area contributed by atoms with Crippen molar-refractivity contribution >= 4 is 22.6 Å². The summed E-state index contributed by atoms with van der Waals surface area (Å²) < 4.78 is 8.26. The number of ether oxygens (including phenoxy) is 1. The molecular weight excluding hydrogens is 394 g/mol. The van der Waals surface area contributed by atoms with Gasteiger partial charge in [-0.25, -0.2) is 4.98 Å². The van der Waals surface area contributed by atoms with E-state index in [0.717, 1.165) is 5.56 Å². The number of hydrogen-bond donors (Lipinski definition) is 0. The van der Waals surface area contributed by atoms with Crippen LogP contribution in [0, 0.1) is 24.2 Å². The van der Waals surface area contributed by atoms with Crippen LogP contribution in [0.15, 0.2) is 59.2 Å². The molecule has 0 N–H and O–H groups in total. The summed E-state index contributed by atoms with van der Waals surface area (Å²) in [6.07, 6.45) is 6.05. The minimum absolute atomic E-state index is 0.120. The lowest BCUT2D eigenvalue weighted by atomic mass is 10.1. The summed E-state index contributed by atoms with van der Waals surface area (Å²) in [6.45, 7) is 9.50. The van der Waals surface area contributed by atoms with Crippen LogP contribution in [-0.2, 0) is 16.1 Å². The topological polar surface area (TPSA) is 102 Å². The number of carbonyl (C=O) groups excluding carboxylic acids is 1. The second kappa shape index (κ2) is 9.22. The fourth-order valence-electron chi connectivity index (χ4n) is 3.21. The average Bonchev–Trinajstić information content (AvgIpc) is 2.73. The predicted octanol–water partition coefficient (Wildman–Crippen LogP) is 2.63.